The number of ether oxygens (including phenoxy) is 1. The molecule has 1 spiro atoms. The van der Waals surface area contributed by atoms with Gasteiger partial charge in [0.05, 0.1) is 6.61 Å². The molecule has 2 heterocycles. The molecule has 0 atom stereocenters. The van der Waals surface area contributed by atoms with Crippen molar-refractivity contribution in [3.63, 3.8) is 0 Å². The van der Waals surface area contributed by atoms with Gasteiger partial charge in [0.2, 0.25) is 5.95 Å². The fourth-order valence-corrected chi connectivity index (χ4v) is 3.56. The molecule has 1 saturated carbocycles. The van der Waals surface area contributed by atoms with Crippen molar-refractivity contribution in [3.05, 3.63) is 12.4 Å². The molecule has 2 fully saturated rings. The highest BCUT2D eigenvalue weighted by molar-refractivity contribution is 6.58. The maximum atomic E-state index is 11.4. The van der Waals surface area contributed by atoms with Crippen molar-refractivity contribution in [2.24, 2.45) is 11.3 Å². The predicted molar refractivity (Wildman–Crippen MR) is 80.5 cm³/mol. The number of carbonyl (C=O) groups excluding carboxylic acids is 1. The first-order valence-electron chi connectivity index (χ1n) is 7.60. The molecular formula is C14H20BN3O4. The third-order valence-corrected chi connectivity index (χ3v) is 4.50. The van der Waals surface area contributed by atoms with Gasteiger partial charge in [-0.1, -0.05) is 0 Å². The van der Waals surface area contributed by atoms with Crippen LogP contribution in [0.25, 0.3) is 0 Å². The van der Waals surface area contributed by atoms with Gasteiger partial charge in [0.25, 0.3) is 0 Å². The van der Waals surface area contributed by atoms with Crippen molar-refractivity contribution in [2.75, 3.05) is 24.6 Å². The van der Waals surface area contributed by atoms with Crippen LogP contribution in [0.15, 0.2) is 12.4 Å². The Morgan fingerprint density at radius 3 is 2.59 bits per heavy atom. The van der Waals surface area contributed by atoms with Crippen LogP contribution in [0, 0.1) is 11.3 Å². The molecule has 2 aliphatic rings. The van der Waals surface area contributed by atoms with Crippen LogP contribution in [0.1, 0.15) is 26.2 Å². The van der Waals surface area contributed by atoms with Crippen molar-refractivity contribution in [2.45, 2.75) is 26.2 Å². The Bertz CT molecular complexity index is 538. The molecule has 1 aromatic heterocycles. The highest BCUT2D eigenvalue weighted by Crippen LogP contribution is 2.53. The van der Waals surface area contributed by atoms with E-state index in [0.29, 0.717) is 30.3 Å². The van der Waals surface area contributed by atoms with Gasteiger partial charge in [-0.3, -0.25) is 4.79 Å². The molecule has 0 unspecified atom stereocenters. The SMILES string of the molecule is CCOC(=O)CC1CC2(C1)CN(c1ncc(B(O)O)cn1)C2. The monoisotopic (exact) mass is 305 g/mol. The Labute approximate surface area is 129 Å². The lowest BCUT2D eigenvalue weighted by molar-refractivity contribution is -0.146. The van der Waals surface area contributed by atoms with Crippen molar-refractivity contribution < 1.29 is 19.6 Å². The van der Waals surface area contributed by atoms with Crippen molar-refractivity contribution in [1.29, 1.82) is 0 Å². The Hall–Kier alpha value is -1.67. The Morgan fingerprint density at radius 1 is 1.41 bits per heavy atom. The van der Waals surface area contributed by atoms with Crippen LogP contribution in [0.2, 0.25) is 0 Å². The maximum Gasteiger partial charge on any atom is 0.491 e. The van der Waals surface area contributed by atoms with E-state index in [2.05, 4.69) is 14.9 Å². The number of hydrogen-bond donors (Lipinski definition) is 2. The van der Waals surface area contributed by atoms with E-state index in [1.807, 2.05) is 6.92 Å². The van der Waals surface area contributed by atoms with Gasteiger partial charge < -0.3 is 19.7 Å². The first-order valence-corrected chi connectivity index (χ1v) is 7.60. The zero-order valence-corrected chi connectivity index (χ0v) is 12.6. The number of nitrogens with zero attached hydrogens (tertiary/aromatic N) is 3. The van der Waals surface area contributed by atoms with Gasteiger partial charge in [-0.15, -0.1) is 0 Å². The lowest BCUT2D eigenvalue weighted by Crippen LogP contribution is -2.63. The van der Waals surface area contributed by atoms with Crippen molar-refractivity contribution in [3.8, 4) is 0 Å². The second kappa shape index (κ2) is 5.85. The molecule has 1 aliphatic heterocycles. The molecule has 1 aromatic rings. The first-order chi connectivity index (χ1) is 10.5. The van der Waals surface area contributed by atoms with Crippen LogP contribution in [0.5, 0.6) is 0 Å². The summed E-state index contributed by atoms with van der Waals surface area (Å²) in [4.78, 5) is 21.8. The molecule has 22 heavy (non-hydrogen) atoms. The summed E-state index contributed by atoms with van der Waals surface area (Å²) >= 11 is 0. The van der Waals surface area contributed by atoms with Gasteiger partial charge in [0.15, 0.2) is 0 Å². The van der Waals surface area contributed by atoms with Crippen molar-refractivity contribution >= 4 is 24.5 Å². The van der Waals surface area contributed by atoms with Crippen LogP contribution in [-0.2, 0) is 9.53 Å². The molecule has 7 nitrogen and oxygen atoms in total. The van der Waals surface area contributed by atoms with Crippen LogP contribution >= 0.6 is 0 Å². The topological polar surface area (TPSA) is 95.8 Å². The molecule has 2 N–H and O–H groups in total. The molecule has 0 amide bonds. The van der Waals surface area contributed by atoms with E-state index in [0.717, 1.165) is 25.9 Å². The molecule has 8 heteroatoms. The maximum absolute atomic E-state index is 11.4. The number of anilines is 1. The van der Waals surface area contributed by atoms with E-state index in [-0.39, 0.29) is 11.4 Å². The molecule has 3 rings (SSSR count). The molecule has 1 aliphatic carbocycles. The first kappa shape index (κ1) is 15.2. The Balaban J connectivity index is 1.46. The number of carbonyl (C=O) groups is 1. The van der Waals surface area contributed by atoms with E-state index >= 15 is 0 Å². The summed E-state index contributed by atoms with van der Waals surface area (Å²) in [5, 5.41) is 18.0. The lowest BCUT2D eigenvalue weighted by atomic mass is 9.57. The molecule has 0 aromatic carbocycles. The predicted octanol–water partition coefficient (Wildman–Crippen LogP) is -0.674. The fourth-order valence-electron chi connectivity index (χ4n) is 3.56. The van der Waals surface area contributed by atoms with Crippen LogP contribution in [-0.4, -0.2) is 52.8 Å². The zero-order chi connectivity index (χ0) is 15.7. The number of aromatic nitrogens is 2. The minimum Gasteiger partial charge on any atom is -0.466 e. The summed E-state index contributed by atoms with van der Waals surface area (Å²) < 4.78 is 4.98. The van der Waals surface area contributed by atoms with Gasteiger partial charge in [-0.2, -0.15) is 0 Å². The average Bonchev–Trinajstić information content (AvgIpc) is 2.40. The summed E-state index contributed by atoms with van der Waals surface area (Å²) in [6.45, 7) is 4.06. The summed E-state index contributed by atoms with van der Waals surface area (Å²) in [6.07, 6.45) is 5.49. The van der Waals surface area contributed by atoms with E-state index < -0.39 is 7.12 Å². The molecule has 1 saturated heterocycles. The van der Waals surface area contributed by atoms with Gasteiger partial charge in [-0.05, 0) is 25.7 Å². The number of rotatable bonds is 5. The van der Waals surface area contributed by atoms with E-state index in [4.69, 9.17) is 14.8 Å². The second-order valence-corrected chi connectivity index (χ2v) is 6.33. The summed E-state index contributed by atoms with van der Waals surface area (Å²) in [7, 11) is -1.54. The molecule has 0 bridgehead atoms. The van der Waals surface area contributed by atoms with E-state index in [1.54, 1.807) is 0 Å². The van der Waals surface area contributed by atoms with Crippen LogP contribution in [0.4, 0.5) is 5.95 Å². The normalized spacial score (nSPS) is 19.5. The van der Waals surface area contributed by atoms with Gasteiger partial charge >= 0.3 is 13.1 Å². The number of esters is 1. The third kappa shape index (κ3) is 2.93. The smallest absolute Gasteiger partial charge is 0.466 e. The third-order valence-electron chi connectivity index (χ3n) is 4.50. The Morgan fingerprint density at radius 2 is 2.05 bits per heavy atom. The van der Waals surface area contributed by atoms with E-state index in [9.17, 15) is 4.79 Å². The van der Waals surface area contributed by atoms with Crippen molar-refractivity contribution in [1.82, 2.24) is 9.97 Å². The molecule has 0 radical (unpaired) electrons. The summed E-state index contributed by atoms with van der Waals surface area (Å²) in [5.41, 5.74) is 0.590. The minimum atomic E-state index is -1.54. The highest BCUT2D eigenvalue weighted by atomic mass is 16.5. The zero-order valence-electron chi connectivity index (χ0n) is 12.6. The highest BCUT2D eigenvalue weighted by Gasteiger charge is 2.53. The van der Waals surface area contributed by atoms with Crippen LogP contribution in [0.3, 0.4) is 0 Å². The van der Waals surface area contributed by atoms with Gasteiger partial charge in [0.1, 0.15) is 0 Å². The number of hydrogen-bond acceptors (Lipinski definition) is 7. The standard InChI is InChI=1S/C14H20BN3O4/c1-2-22-12(19)3-10-4-14(5-10)8-18(9-14)13-16-6-11(7-17-13)15(20)21/h6-7,10,20-21H,2-5,8-9H2,1H3. The lowest BCUT2D eigenvalue weighted by Gasteiger charge is -2.59. The minimum absolute atomic E-state index is 0.0972. The summed E-state index contributed by atoms with van der Waals surface area (Å²) in [5.74, 6) is 0.956. The second-order valence-electron chi connectivity index (χ2n) is 6.33. The Kier molecular flexibility index (Phi) is 4.05. The summed E-state index contributed by atoms with van der Waals surface area (Å²) in [6, 6.07) is 0. The largest absolute Gasteiger partial charge is 0.491 e. The average molecular weight is 305 g/mol. The van der Waals surface area contributed by atoms with Gasteiger partial charge in [0, 0.05) is 42.8 Å². The molecular weight excluding hydrogens is 285 g/mol. The van der Waals surface area contributed by atoms with Crippen LogP contribution < -0.4 is 10.4 Å². The quantitative estimate of drug-likeness (QED) is 0.550. The van der Waals surface area contributed by atoms with E-state index in [1.165, 1.54) is 12.4 Å². The molecule has 118 valence electrons. The fraction of sp³-hybridized carbons (Fsp3) is 0.643. The van der Waals surface area contributed by atoms with Gasteiger partial charge in [-0.25, -0.2) is 9.97 Å².